The Morgan fingerprint density at radius 1 is 1.06 bits per heavy atom. The summed E-state index contributed by atoms with van der Waals surface area (Å²) in [4.78, 5) is 11.7. The third kappa shape index (κ3) is 1.96. The van der Waals surface area contributed by atoms with Gasteiger partial charge in [0.2, 0.25) is 0 Å². The summed E-state index contributed by atoms with van der Waals surface area (Å²) >= 11 is 0. The van der Waals surface area contributed by atoms with E-state index in [0.29, 0.717) is 0 Å². The fraction of sp³-hybridized carbons (Fsp3) is 0.0714. The molecule has 2 aromatic rings. The maximum Gasteiger partial charge on any atom is 0.251 e. The first-order chi connectivity index (χ1) is 7.83. The zero-order chi connectivity index (χ0) is 11.4. The van der Waals surface area contributed by atoms with Crippen molar-refractivity contribution in [3.63, 3.8) is 0 Å². The SMILES string of the molecule is C=C[C@@H](c1ccccc1)n1ccccc1=O. The molecule has 0 amide bonds. The molecule has 0 bridgehead atoms. The van der Waals surface area contributed by atoms with E-state index in [2.05, 4.69) is 6.58 Å². The van der Waals surface area contributed by atoms with Crippen molar-refractivity contribution >= 4 is 0 Å². The Labute approximate surface area is 94.5 Å². The van der Waals surface area contributed by atoms with Gasteiger partial charge in [-0.2, -0.15) is 0 Å². The Balaban J connectivity index is 2.50. The van der Waals surface area contributed by atoms with Crippen molar-refractivity contribution in [3.05, 3.63) is 83.3 Å². The third-order valence-corrected chi connectivity index (χ3v) is 2.52. The quantitative estimate of drug-likeness (QED) is 0.715. The molecule has 0 spiro atoms. The van der Waals surface area contributed by atoms with Crippen LogP contribution in [0, 0.1) is 0 Å². The van der Waals surface area contributed by atoms with Gasteiger partial charge in [0.25, 0.3) is 5.56 Å². The predicted molar refractivity (Wildman–Crippen MR) is 65.5 cm³/mol. The van der Waals surface area contributed by atoms with Gasteiger partial charge in [0.15, 0.2) is 0 Å². The number of allylic oxidation sites excluding steroid dienone is 1. The van der Waals surface area contributed by atoms with Crippen molar-refractivity contribution in [2.75, 3.05) is 0 Å². The second kappa shape index (κ2) is 4.62. The van der Waals surface area contributed by atoms with Crippen molar-refractivity contribution in [2.45, 2.75) is 6.04 Å². The van der Waals surface area contributed by atoms with Gasteiger partial charge < -0.3 is 4.57 Å². The van der Waals surface area contributed by atoms with Gasteiger partial charge in [0.05, 0.1) is 6.04 Å². The van der Waals surface area contributed by atoms with Gasteiger partial charge in [0.1, 0.15) is 0 Å². The molecule has 0 fully saturated rings. The van der Waals surface area contributed by atoms with Gasteiger partial charge in [-0.1, -0.05) is 42.5 Å². The number of rotatable bonds is 3. The Morgan fingerprint density at radius 3 is 2.38 bits per heavy atom. The minimum Gasteiger partial charge on any atom is -0.305 e. The van der Waals surface area contributed by atoms with Crippen LogP contribution < -0.4 is 5.56 Å². The lowest BCUT2D eigenvalue weighted by Gasteiger charge is -2.15. The molecule has 0 saturated heterocycles. The average molecular weight is 211 g/mol. The molecule has 0 unspecified atom stereocenters. The van der Waals surface area contributed by atoms with Crippen LogP contribution in [0.25, 0.3) is 0 Å². The van der Waals surface area contributed by atoms with Gasteiger partial charge in [-0.3, -0.25) is 4.79 Å². The van der Waals surface area contributed by atoms with Crippen molar-refractivity contribution in [2.24, 2.45) is 0 Å². The molecule has 0 aliphatic rings. The standard InChI is InChI=1S/C14H13NO/c1-2-13(12-8-4-3-5-9-12)15-11-7-6-10-14(15)16/h2-11,13H,1H2/t13-/m0/s1. The molecule has 0 aliphatic carbocycles. The Morgan fingerprint density at radius 2 is 1.75 bits per heavy atom. The van der Waals surface area contributed by atoms with Gasteiger partial charge in [-0.05, 0) is 11.6 Å². The van der Waals surface area contributed by atoms with E-state index >= 15 is 0 Å². The minimum atomic E-state index is -0.102. The Hall–Kier alpha value is -2.09. The second-order valence-electron chi connectivity index (χ2n) is 3.54. The van der Waals surface area contributed by atoms with E-state index in [0.717, 1.165) is 5.56 Å². The fourth-order valence-electron chi connectivity index (χ4n) is 1.73. The molecule has 1 heterocycles. The summed E-state index contributed by atoms with van der Waals surface area (Å²) < 4.78 is 1.67. The molecule has 1 atom stereocenters. The topological polar surface area (TPSA) is 22.0 Å². The average Bonchev–Trinajstić information content (AvgIpc) is 2.34. The molecule has 16 heavy (non-hydrogen) atoms. The molecule has 1 aromatic heterocycles. The first-order valence-electron chi connectivity index (χ1n) is 5.17. The van der Waals surface area contributed by atoms with Crippen LogP contribution in [0.5, 0.6) is 0 Å². The summed E-state index contributed by atoms with van der Waals surface area (Å²) in [5.74, 6) is 0. The largest absolute Gasteiger partial charge is 0.305 e. The molecular weight excluding hydrogens is 198 g/mol. The Bertz CT molecular complexity index is 528. The smallest absolute Gasteiger partial charge is 0.251 e. The van der Waals surface area contributed by atoms with Crippen LogP contribution in [0.1, 0.15) is 11.6 Å². The van der Waals surface area contributed by atoms with E-state index in [4.69, 9.17) is 0 Å². The van der Waals surface area contributed by atoms with Crippen LogP contribution in [0.4, 0.5) is 0 Å². The van der Waals surface area contributed by atoms with E-state index in [1.54, 1.807) is 29.0 Å². The minimum absolute atomic E-state index is 0.0174. The molecule has 0 N–H and O–H groups in total. The van der Waals surface area contributed by atoms with Crippen LogP contribution in [-0.2, 0) is 0 Å². The maximum absolute atomic E-state index is 11.7. The first-order valence-corrected chi connectivity index (χ1v) is 5.17. The molecule has 2 nitrogen and oxygen atoms in total. The number of benzene rings is 1. The van der Waals surface area contributed by atoms with E-state index in [9.17, 15) is 4.79 Å². The number of hydrogen-bond acceptors (Lipinski definition) is 1. The third-order valence-electron chi connectivity index (χ3n) is 2.52. The summed E-state index contributed by atoms with van der Waals surface area (Å²) in [6.07, 6.45) is 3.55. The van der Waals surface area contributed by atoms with Crippen molar-refractivity contribution in [1.82, 2.24) is 4.57 Å². The van der Waals surface area contributed by atoms with Crippen LogP contribution in [0.3, 0.4) is 0 Å². The summed E-state index contributed by atoms with van der Waals surface area (Å²) in [7, 11) is 0. The molecule has 2 heteroatoms. The van der Waals surface area contributed by atoms with E-state index in [1.165, 1.54) is 0 Å². The van der Waals surface area contributed by atoms with Gasteiger partial charge in [-0.25, -0.2) is 0 Å². The van der Waals surface area contributed by atoms with Crippen molar-refractivity contribution in [1.29, 1.82) is 0 Å². The number of nitrogens with zero attached hydrogens (tertiary/aromatic N) is 1. The lowest BCUT2D eigenvalue weighted by molar-refractivity contribution is 0.671. The normalized spacial score (nSPS) is 12.0. The zero-order valence-corrected chi connectivity index (χ0v) is 8.91. The number of pyridine rings is 1. The van der Waals surface area contributed by atoms with Crippen LogP contribution in [0.2, 0.25) is 0 Å². The predicted octanol–water partition coefficient (Wildman–Crippen LogP) is 2.62. The highest BCUT2D eigenvalue weighted by Crippen LogP contribution is 2.16. The fourth-order valence-corrected chi connectivity index (χ4v) is 1.73. The highest BCUT2D eigenvalue weighted by molar-refractivity contribution is 5.23. The molecule has 0 radical (unpaired) electrons. The van der Waals surface area contributed by atoms with Crippen LogP contribution in [0.15, 0.2) is 72.2 Å². The second-order valence-corrected chi connectivity index (χ2v) is 3.54. The molecule has 0 aliphatic heterocycles. The van der Waals surface area contributed by atoms with Crippen molar-refractivity contribution < 1.29 is 0 Å². The summed E-state index contributed by atoms with van der Waals surface area (Å²) in [6, 6.07) is 14.9. The molecule has 80 valence electrons. The maximum atomic E-state index is 11.7. The van der Waals surface area contributed by atoms with E-state index < -0.39 is 0 Å². The number of aromatic nitrogens is 1. The zero-order valence-electron chi connectivity index (χ0n) is 8.91. The first kappa shape index (κ1) is 10.4. The number of hydrogen-bond donors (Lipinski definition) is 0. The van der Waals surface area contributed by atoms with E-state index in [1.807, 2.05) is 36.4 Å². The van der Waals surface area contributed by atoms with Crippen LogP contribution in [-0.4, -0.2) is 4.57 Å². The van der Waals surface area contributed by atoms with Gasteiger partial charge in [-0.15, -0.1) is 6.58 Å². The lowest BCUT2D eigenvalue weighted by atomic mass is 10.1. The Kier molecular flexibility index (Phi) is 3.01. The molecular formula is C14H13NO. The molecule has 1 aromatic carbocycles. The molecule has 0 saturated carbocycles. The van der Waals surface area contributed by atoms with Crippen molar-refractivity contribution in [3.8, 4) is 0 Å². The van der Waals surface area contributed by atoms with E-state index in [-0.39, 0.29) is 11.6 Å². The summed E-state index contributed by atoms with van der Waals surface area (Å²) in [5, 5.41) is 0. The summed E-state index contributed by atoms with van der Waals surface area (Å²) in [5.41, 5.74) is 1.04. The molecule has 2 rings (SSSR count). The van der Waals surface area contributed by atoms with Gasteiger partial charge in [0, 0.05) is 12.3 Å². The summed E-state index contributed by atoms with van der Waals surface area (Å²) in [6.45, 7) is 3.80. The monoisotopic (exact) mass is 211 g/mol. The highest BCUT2D eigenvalue weighted by atomic mass is 16.1. The highest BCUT2D eigenvalue weighted by Gasteiger charge is 2.09. The van der Waals surface area contributed by atoms with Crippen LogP contribution >= 0.6 is 0 Å². The van der Waals surface area contributed by atoms with Gasteiger partial charge >= 0.3 is 0 Å². The lowest BCUT2D eigenvalue weighted by Crippen LogP contribution is -2.22.